The fourth-order valence-corrected chi connectivity index (χ4v) is 0.797. The Kier molecular flexibility index (Phi) is 1.80. The fourth-order valence-electron chi connectivity index (χ4n) is 0.797. The van der Waals surface area contributed by atoms with Crippen LogP contribution in [-0.2, 0) is 6.54 Å². The summed E-state index contributed by atoms with van der Waals surface area (Å²) in [6, 6.07) is 1.13. The highest BCUT2D eigenvalue weighted by atomic mass is 16.5. The van der Waals surface area contributed by atoms with E-state index < -0.39 is 11.2 Å². The maximum absolute atomic E-state index is 10.9. The third kappa shape index (κ3) is 1.17. The van der Waals surface area contributed by atoms with Crippen molar-refractivity contribution in [1.29, 1.82) is 0 Å². The van der Waals surface area contributed by atoms with Gasteiger partial charge in [0, 0.05) is 12.6 Å². The molecule has 0 bridgehead atoms. The monoisotopic (exact) mass is 156 g/mol. The number of hydrogen-bond donors (Lipinski definition) is 1. The van der Waals surface area contributed by atoms with Gasteiger partial charge in [0.25, 0.3) is 5.56 Å². The molecule has 1 N–H and O–H groups in total. The summed E-state index contributed by atoms with van der Waals surface area (Å²) in [4.78, 5) is 21.8. The normalized spacial score (nSPS) is 9.91. The summed E-state index contributed by atoms with van der Waals surface area (Å²) >= 11 is 0. The van der Waals surface area contributed by atoms with E-state index in [9.17, 15) is 9.59 Å². The SMILES string of the molecule is CCn1c(=O)ccn(O)c1=O. The summed E-state index contributed by atoms with van der Waals surface area (Å²) in [5.41, 5.74) is -1.11. The smallest absolute Gasteiger partial charge is 0.363 e. The summed E-state index contributed by atoms with van der Waals surface area (Å²) in [6.07, 6.45) is 1.02. The standard InChI is InChI=1S/C6H8N2O3/c1-2-7-5(9)3-4-8(11)6(7)10/h3-4,11H,2H2,1H3. The largest absolute Gasteiger partial charge is 0.424 e. The molecule has 0 radical (unpaired) electrons. The molecule has 0 aliphatic rings. The predicted molar refractivity (Wildman–Crippen MR) is 37.8 cm³/mol. The molecule has 5 heteroatoms. The number of rotatable bonds is 1. The lowest BCUT2D eigenvalue weighted by molar-refractivity contribution is 0.163. The van der Waals surface area contributed by atoms with Crippen LogP contribution in [0.1, 0.15) is 6.92 Å². The third-order valence-corrected chi connectivity index (χ3v) is 1.37. The van der Waals surface area contributed by atoms with E-state index in [0.29, 0.717) is 4.73 Å². The van der Waals surface area contributed by atoms with Crippen LogP contribution >= 0.6 is 0 Å². The molecular weight excluding hydrogens is 148 g/mol. The minimum Gasteiger partial charge on any atom is -0.424 e. The molecule has 0 fully saturated rings. The highest BCUT2D eigenvalue weighted by Crippen LogP contribution is 1.71. The van der Waals surface area contributed by atoms with Crippen molar-refractivity contribution in [1.82, 2.24) is 9.30 Å². The average Bonchev–Trinajstić information content (AvgIpc) is 1.99. The van der Waals surface area contributed by atoms with Gasteiger partial charge in [-0.1, -0.05) is 0 Å². The molecule has 0 atom stereocenters. The second-order valence-electron chi connectivity index (χ2n) is 2.03. The van der Waals surface area contributed by atoms with Crippen LogP contribution in [0.5, 0.6) is 0 Å². The Hall–Kier alpha value is -1.52. The highest BCUT2D eigenvalue weighted by molar-refractivity contribution is 4.83. The van der Waals surface area contributed by atoms with E-state index >= 15 is 0 Å². The van der Waals surface area contributed by atoms with Gasteiger partial charge in [0.2, 0.25) is 0 Å². The molecule has 1 rings (SSSR count). The lowest BCUT2D eigenvalue weighted by atomic mass is 10.6. The molecule has 0 unspecified atom stereocenters. The van der Waals surface area contributed by atoms with E-state index in [4.69, 9.17) is 5.21 Å². The van der Waals surface area contributed by atoms with E-state index in [2.05, 4.69) is 0 Å². The van der Waals surface area contributed by atoms with Crippen molar-refractivity contribution in [3.63, 3.8) is 0 Å². The van der Waals surface area contributed by atoms with E-state index in [1.807, 2.05) is 0 Å². The van der Waals surface area contributed by atoms with Crippen LogP contribution in [0.25, 0.3) is 0 Å². The van der Waals surface area contributed by atoms with Gasteiger partial charge in [-0.25, -0.2) is 4.79 Å². The van der Waals surface area contributed by atoms with Crippen LogP contribution in [0.4, 0.5) is 0 Å². The van der Waals surface area contributed by atoms with Gasteiger partial charge in [-0.05, 0) is 6.92 Å². The van der Waals surface area contributed by atoms with Crippen LogP contribution in [0.15, 0.2) is 21.9 Å². The molecule has 11 heavy (non-hydrogen) atoms. The molecule has 1 heterocycles. The maximum atomic E-state index is 10.9. The van der Waals surface area contributed by atoms with Crippen molar-refractivity contribution in [2.75, 3.05) is 0 Å². The molecule has 1 aromatic rings. The zero-order valence-electron chi connectivity index (χ0n) is 6.02. The van der Waals surface area contributed by atoms with Crippen LogP contribution in [0, 0.1) is 0 Å². The topological polar surface area (TPSA) is 64.2 Å². The second kappa shape index (κ2) is 2.61. The number of aromatic nitrogens is 2. The average molecular weight is 156 g/mol. The zero-order valence-corrected chi connectivity index (χ0v) is 6.02. The van der Waals surface area contributed by atoms with E-state index in [1.165, 1.54) is 0 Å². The summed E-state index contributed by atoms with van der Waals surface area (Å²) in [7, 11) is 0. The molecule has 0 aromatic carbocycles. The van der Waals surface area contributed by atoms with Gasteiger partial charge in [-0.15, -0.1) is 4.73 Å². The molecule has 0 spiro atoms. The Morgan fingerprint density at radius 2 is 2.18 bits per heavy atom. The lowest BCUT2D eigenvalue weighted by Crippen LogP contribution is -2.37. The molecule has 1 aromatic heterocycles. The minimum atomic E-state index is -0.708. The van der Waals surface area contributed by atoms with Crippen molar-refractivity contribution in [2.45, 2.75) is 13.5 Å². The Labute approximate surface area is 62.1 Å². The first-order valence-electron chi connectivity index (χ1n) is 3.18. The Bertz CT molecular complexity index is 363. The number of nitrogens with zero attached hydrogens (tertiary/aromatic N) is 2. The van der Waals surface area contributed by atoms with Crippen LogP contribution in [-0.4, -0.2) is 14.5 Å². The van der Waals surface area contributed by atoms with Crippen molar-refractivity contribution in [3.8, 4) is 0 Å². The Morgan fingerprint density at radius 1 is 1.55 bits per heavy atom. The molecule has 0 aliphatic heterocycles. The van der Waals surface area contributed by atoms with Crippen LogP contribution in [0.2, 0.25) is 0 Å². The van der Waals surface area contributed by atoms with E-state index in [0.717, 1.165) is 16.8 Å². The Balaban J connectivity index is 3.55. The summed E-state index contributed by atoms with van der Waals surface area (Å²) < 4.78 is 1.31. The van der Waals surface area contributed by atoms with Crippen molar-refractivity contribution in [2.24, 2.45) is 0 Å². The molecule has 0 aliphatic carbocycles. The van der Waals surface area contributed by atoms with Crippen molar-refractivity contribution >= 4 is 0 Å². The molecule has 60 valence electrons. The highest BCUT2D eigenvalue weighted by Gasteiger charge is 1.99. The first kappa shape index (κ1) is 7.59. The molecule has 0 saturated carbocycles. The Morgan fingerprint density at radius 3 is 2.64 bits per heavy atom. The van der Waals surface area contributed by atoms with Gasteiger partial charge in [0.05, 0.1) is 6.20 Å². The number of hydrogen-bond acceptors (Lipinski definition) is 3. The maximum Gasteiger partial charge on any atom is 0.363 e. The molecular formula is C6H8N2O3. The van der Waals surface area contributed by atoms with Crippen LogP contribution < -0.4 is 11.2 Å². The van der Waals surface area contributed by atoms with E-state index in [-0.39, 0.29) is 6.54 Å². The zero-order chi connectivity index (χ0) is 8.43. The van der Waals surface area contributed by atoms with Gasteiger partial charge in [0.1, 0.15) is 0 Å². The summed E-state index contributed by atoms with van der Waals surface area (Å²) in [5.74, 6) is 0. The first-order valence-corrected chi connectivity index (χ1v) is 3.18. The van der Waals surface area contributed by atoms with Crippen molar-refractivity contribution in [3.05, 3.63) is 33.1 Å². The fraction of sp³-hybridized carbons (Fsp3) is 0.333. The van der Waals surface area contributed by atoms with Gasteiger partial charge in [-0.3, -0.25) is 9.36 Å². The third-order valence-electron chi connectivity index (χ3n) is 1.37. The van der Waals surface area contributed by atoms with Crippen molar-refractivity contribution < 1.29 is 5.21 Å². The van der Waals surface area contributed by atoms with Gasteiger partial charge in [-0.2, -0.15) is 0 Å². The van der Waals surface area contributed by atoms with Gasteiger partial charge >= 0.3 is 5.69 Å². The van der Waals surface area contributed by atoms with E-state index in [1.54, 1.807) is 6.92 Å². The lowest BCUT2D eigenvalue weighted by Gasteiger charge is -1.99. The quantitative estimate of drug-likeness (QED) is 0.545. The molecule has 0 saturated heterocycles. The van der Waals surface area contributed by atoms with Gasteiger partial charge < -0.3 is 5.21 Å². The second-order valence-corrected chi connectivity index (χ2v) is 2.03. The predicted octanol–water partition coefficient (Wildman–Crippen LogP) is -0.733. The first-order chi connectivity index (χ1) is 5.16. The van der Waals surface area contributed by atoms with Crippen LogP contribution in [0.3, 0.4) is 0 Å². The summed E-state index contributed by atoms with van der Waals surface area (Å²) in [6.45, 7) is 1.92. The minimum absolute atomic E-state index is 0.263. The summed E-state index contributed by atoms with van der Waals surface area (Å²) in [5, 5.41) is 8.80. The molecule has 0 amide bonds. The van der Waals surface area contributed by atoms with Gasteiger partial charge in [0.15, 0.2) is 0 Å². The molecule has 5 nitrogen and oxygen atoms in total.